The van der Waals surface area contributed by atoms with Crippen molar-refractivity contribution in [2.24, 2.45) is 0 Å². The van der Waals surface area contributed by atoms with E-state index in [0.717, 1.165) is 12.4 Å². The zero-order valence-electron chi connectivity index (χ0n) is 11.7. The average molecular weight is 248 g/mol. The molecule has 1 aliphatic rings. The molecule has 2 rings (SSSR count). The number of ether oxygens (including phenoxy) is 1. The molecule has 0 amide bonds. The molecule has 1 heterocycles. The van der Waals surface area contributed by atoms with Crippen LogP contribution in [-0.2, 0) is 0 Å². The summed E-state index contributed by atoms with van der Waals surface area (Å²) in [6, 6.07) is 8.42. The highest BCUT2D eigenvalue weighted by Crippen LogP contribution is 2.25. The molecular weight excluding hydrogens is 222 g/mol. The van der Waals surface area contributed by atoms with Crippen molar-refractivity contribution in [2.75, 3.05) is 26.2 Å². The predicted molar refractivity (Wildman–Crippen MR) is 75.4 cm³/mol. The fraction of sp³-hybridized carbons (Fsp3) is 0.625. The van der Waals surface area contributed by atoms with E-state index in [9.17, 15) is 0 Å². The Labute approximate surface area is 111 Å². The summed E-state index contributed by atoms with van der Waals surface area (Å²) in [6.45, 7) is 9.29. The lowest BCUT2D eigenvalue weighted by molar-refractivity contribution is -0.887. The van der Waals surface area contributed by atoms with Gasteiger partial charge in [0.2, 0.25) is 0 Å². The quantitative estimate of drug-likeness (QED) is 0.762. The van der Waals surface area contributed by atoms with Crippen LogP contribution in [0.25, 0.3) is 0 Å². The van der Waals surface area contributed by atoms with Gasteiger partial charge >= 0.3 is 0 Å². The third-order valence-corrected chi connectivity index (χ3v) is 3.78. The van der Waals surface area contributed by atoms with Crippen LogP contribution >= 0.6 is 0 Å². The monoisotopic (exact) mass is 248 g/mol. The van der Waals surface area contributed by atoms with Crippen molar-refractivity contribution >= 4 is 0 Å². The summed E-state index contributed by atoms with van der Waals surface area (Å²) in [6.07, 6.45) is 3.99. The summed E-state index contributed by atoms with van der Waals surface area (Å²) in [5.74, 6) is 1.61. The second kappa shape index (κ2) is 6.79. The maximum absolute atomic E-state index is 5.94. The standard InChI is InChI=1S/C16H25NO/c1-14(2)15-8-3-4-9-16(15)18-13-7-12-17-10-5-6-11-17/h3-4,8-9,14H,5-7,10-13H2,1-2H3/p+1. The van der Waals surface area contributed by atoms with Crippen molar-refractivity contribution in [1.82, 2.24) is 0 Å². The van der Waals surface area contributed by atoms with Crippen LogP contribution in [0.15, 0.2) is 24.3 Å². The van der Waals surface area contributed by atoms with Gasteiger partial charge in [-0.25, -0.2) is 0 Å². The van der Waals surface area contributed by atoms with E-state index < -0.39 is 0 Å². The molecule has 0 aromatic heterocycles. The zero-order chi connectivity index (χ0) is 12.8. The molecule has 1 saturated heterocycles. The summed E-state index contributed by atoms with van der Waals surface area (Å²) >= 11 is 0. The number of hydrogen-bond acceptors (Lipinski definition) is 1. The minimum Gasteiger partial charge on any atom is -0.493 e. The Bertz CT molecular complexity index is 356. The highest BCUT2D eigenvalue weighted by molar-refractivity contribution is 5.35. The predicted octanol–water partition coefficient (Wildman–Crippen LogP) is 2.26. The first kappa shape index (κ1) is 13.4. The molecule has 18 heavy (non-hydrogen) atoms. The van der Waals surface area contributed by atoms with E-state index in [2.05, 4.69) is 38.1 Å². The number of benzene rings is 1. The third-order valence-electron chi connectivity index (χ3n) is 3.78. The van der Waals surface area contributed by atoms with Gasteiger partial charge in [-0.05, 0) is 17.5 Å². The Kier molecular flexibility index (Phi) is 5.06. The van der Waals surface area contributed by atoms with Gasteiger partial charge in [-0.3, -0.25) is 0 Å². The molecule has 1 aromatic carbocycles. The maximum Gasteiger partial charge on any atom is 0.122 e. The Balaban J connectivity index is 1.75. The van der Waals surface area contributed by atoms with Crippen molar-refractivity contribution in [3.05, 3.63) is 29.8 Å². The van der Waals surface area contributed by atoms with Crippen LogP contribution in [0.1, 0.15) is 44.6 Å². The van der Waals surface area contributed by atoms with Crippen molar-refractivity contribution in [3.8, 4) is 5.75 Å². The highest BCUT2D eigenvalue weighted by atomic mass is 16.5. The number of rotatable bonds is 6. The normalized spacial score (nSPS) is 16.4. The molecule has 0 unspecified atom stereocenters. The van der Waals surface area contributed by atoms with Gasteiger partial charge in [0.1, 0.15) is 5.75 Å². The smallest absolute Gasteiger partial charge is 0.122 e. The van der Waals surface area contributed by atoms with Gasteiger partial charge in [0.25, 0.3) is 0 Å². The molecule has 2 nitrogen and oxygen atoms in total. The zero-order valence-corrected chi connectivity index (χ0v) is 11.7. The molecule has 1 aliphatic heterocycles. The second-order valence-electron chi connectivity index (χ2n) is 5.60. The second-order valence-corrected chi connectivity index (χ2v) is 5.60. The van der Waals surface area contributed by atoms with E-state index in [4.69, 9.17) is 4.74 Å². The topological polar surface area (TPSA) is 13.7 Å². The molecular formula is C16H26NO+. The Morgan fingerprint density at radius 3 is 2.61 bits per heavy atom. The number of para-hydroxylation sites is 1. The lowest BCUT2D eigenvalue weighted by atomic mass is 10.0. The fourth-order valence-corrected chi connectivity index (χ4v) is 2.72. The van der Waals surface area contributed by atoms with Gasteiger partial charge in [-0.2, -0.15) is 0 Å². The third kappa shape index (κ3) is 3.74. The summed E-state index contributed by atoms with van der Waals surface area (Å²) in [5.41, 5.74) is 1.33. The summed E-state index contributed by atoms with van der Waals surface area (Å²) in [4.78, 5) is 1.76. The number of hydrogen-bond donors (Lipinski definition) is 1. The van der Waals surface area contributed by atoms with E-state index in [1.165, 1.54) is 44.5 Å². The molecule has 0 radical (unpaired) electrons. The van der Waals surface area contributed by atoms with E-state index >= 15 is 0 Å². The van der Waals surface area contributed by atoms with Crippen LogP contribution in [0.3, 0.4) is 0 Å². The summed E-state index contributed by atoms with van der Waals surface area (Å²) < 4.78 is 5.94. The number of nitrogens with one attached hydrogen (secondary N) is 1. The van der Waals surface area contributed by atoms with E-state index in [1.807, 2.05) is 0 Å². The first-order valence-electron chi connectivity index (χ1n) is 7.32. The molecule has 0 atom stereocenters. The molecule has 0 saturated carbocycles. The van der Waals surface area contributed by atoms with Gasteiger partial charge in [0.05, 0.1) is 26.2 Å². The molecule has 100 valence electrons. The van der Waals surface area contributed by atoms with Crippen LogP contribution in [0.5, 0.6) is 5.75 Å². The first-order valence-corrected chi connectivity index (χ1v) is 7.32. The highest BCUT2D eigenvalue weighted by Gasteiger charge is 2.14. The maximum atomic E-state index is 5.94. The summed E-state index contributed by atoms with van der Waals surface area (Å²) in [5, 5.41) is 0. The van der Waals surface area contributed by atoms with Crippen LogP contribution < -0.4 is 9.64 Å². The van der Waals surface area contributed by atoms with Gasteiger partial charge in [0.15, 0.2) is 0 Å². The lowest BCUT2D eigenvalue weighted by Gasteiger charge is -2.15. The van der Waals surface area contributed by atoms with Crippen LogP contribution in [-0.4, -0.2) is 26.2 Å². The van der Waals surface area contributed by atoms with Crippen LogP contribution in [0, 0.1) is 0 Å². The van der Waals surface area contributed by atoms with Crippen molar-refractivity contribution in [1.29, 1.82) is 0 Å². The van der Waals surface area contributed by atoms with Gasteiger partial charge in [-0.1, -0.05) is 32.0 Å². The largest absolute Gasteiger partial charge is 0.493 e. The van der Waals surface area contributed by atoms with E-state index in [-0.39, 0.29) is 0 Å². The minimum atomic E-state index is 0.533. The lowest BCUT2D eigenvalue weighted by Crippen LogP contribution is -3.10. The van der Waals surface area contributed by atoms with Crippen molar-refractivity contribution in [3.63, 3.8) is 0 Å². The number of likely N-dealkylation sites (tertiary alicyclic amines) is 1. The minimum absolute atomic E-state index is 0.533. The summed E-state index contributed by atoms with van der Waals surface area (Å²) in [7, 11) is 0. The van der Waals surface area contributed by atoms with Crippen molar-refractivity contribution in [2.45, 2.75) is 39.0 Å². The molecule has 0 bridgehead atoms. The Morgan fingerprint density at radius 1 is 1.17 bits per heavy atom. The van der Waals surface area contributed by atoms with Gasteiger partial charge in [-0.15, -0.1) is 0 Å². The molecule has 0 spiro atoms. The Hall–Kier alpha value is -1.02. The Morgan fingerprint density at radius 2 is 1.89 bits per heavy atom. The van der Waals surface area contributed by atoms with Crippen LogP contribution in [0.4, 0.5) is 0 Å². The van der Waals surface area contributed by atoms with Crippen molar-refractivity contribution < 1.29 is 9.64 Å². The number of quaternary nitrogens is 1. The molecule has 0 aliphatic carbocycles. The molecule has 1 aromatic rings. The van der Waals surface area contributed by atoms with Gasteiger partial charge in [0, 0.05) is 19.3 Å². The van der Waals surface area contributed by atoms with E-state index in [1.54, 1.807) is 4.90 Å². The SMILES string of the molecule is CC(C)c1ccccc1OCCC[NH+]1CCCC1. The molecule has 1 fully saturated rings. The average Bonchev–Trinajstić information content (AvgIpc) is 2.88. The first-order chi connectivity index (χ1) is 8.77. The molecule has 1 N–H and O–H groups in total. The van der Waals surface area contributed by atoms with Crippen LogP contribution in [0.2, 0.25) is 0 Å². The van der Waals surface area contributed by atoms with Gasteiger partial charge < -0.3 is 9.64 Å². The molecule has 2 heteroatoms. The van der Waals surface area contributed by atoms with E-state index in [0.29, 0.717) is 5.92 Å². The fourth-order valence-electron chi connectivity index (χ4n) is 2.72.